The van der Waals surface area contributed by atoms with Crippen LogP contribution in [-0.4, -0.2) is 41.4 Å². The number of hydrogen-bond acceptors (Lipinski definition) is 7. The van der Waals surface area contributed by atoms with Crippen molar-refractivity contribution in [2.24, 2.45) is 0 Å². The highest BCUT2D eigenvalue weighted by Crippen LogP contribution is 2.28. The molecule has 0 radical (unpaired) electrons. The minimum absolute atomic E-state index is 0.0187. The Morgan fingerprint density at radius 3 is 2.47 bits per heavy atom. The molecule has 0 aliphatic carbocycles. The maximum atomic E-state index is 13.7. The Hall–Kier alpha value is -3.47. The third-order valence-corrected chi connectivity index (χ3v) is 8.09. The second kappa shape index (κ2) is 10.3. The van der Waals surface area contributed by atoms with E-state index in [1.54, 1.807) is 36.4 Å². The van der Waals surface area contributed by atoms with Crippen molar-refractivity contribution in [3.05, 3.63) is 77.5 Å². The SMILES string of the molecule is O=C1NCCCC[C@H]1N(Cc1ccc(-c2nnc(-c3ccco3)o2)cc1)S(=O)(=O)c1ccc(Cl)cc1. The number of rotatable bonds is 7. The van der Waals surface area contributed by atoms with Crippen LogP contribution >= 0.6 is 11.6 Å². The molecule has 1 atom stereocenters. The number of aromatic nitrogens is 2. The smallest absolute Gasteiger partial charge is 0.283 e. The molecule has 2 aromatic heterocycles. The molecule has 5 rings (SSSR count). The second-order valence-corrected chi connectivity index (χ2v) is 10.7. The van der Waals surface area contributed by atoms with E-state index in [1.807, 2.05) is 0 Å². The van der Waals surface area contributed by atoms with Gasteiger partial charge < -0.3 is 14.2 Å². The van der Waals surface area contributed by atoms with Crippen LogP contribution in [0.4, 0.5) is 0 Å². The number of furan rings is 1. The van der Waals surface area contributed by atoms with E-state index in [0.717, 1.165) is 12.8 Å². The number of carbonyl (C=O) groups is 1. The first-order valence-electron chi connectivity index (χ1n) is 11.4. The summed E-state index contributed by atoms with van der Waals surface area (Å²) in [5, 5.41) is 11.3. The number of nitrogens with zero attached hydrogens (tertiary/aromatic N) is 3. The minimum atomic E-state index is -3.99. The Balaban J connectivity index is 1.43. The maximum absolute atomic E-state index is 13.7. The lowest BCUT2D eigenvalue weighted by Crippen LogP contribution is -2.48. The van der Waals surface area contributed by atoms with Gasteiger partial charge in [0.1, 0.15) is 6.04 Å². The number of halogens is 1. The van der Waals surface area contributed by atoms with Crippen LogP contribution in [-0.2, 0) is 21.4 Å². The third kappa shape index (κ3) is 5.06. The number of benzene rings is 2. The summed E-state index contributed by atoms with van der Waals surface area (Å²) in [5.41, 5.74) is 1.38. The van der Waals surface area contributed by atoms with Crippen LogP contribution in [0.3, 0.4) is 0 Å². The van der Waals surface area contributed by atoms with E-state index < -0.39 is 16.1 Å². The summed E-state index contributed by atoms with van der Waals surface area (Å²) in [6, 6.07) is 15.7. The second-order valence-electron chi connectivity index (χ2n) is 8.39. The van der Waals surface area contributed by atoms with E-state index >= 15 is 0 Å². The molecule has 36 heavy (non-hydrogen) atoms. The summed E-state index contributed by atoms with van der Waals surface area (Å²) in [5.74, 6) is 0.744. The first-order chi connectivity index (χ1) is 17.4. The van der Waals surface area contributed by atoms with Crippen LogP contribution in [0, 0.1) is 0 Å². The van der Waals surface area contributed by atoms with Crippen molar-refractivity contribution >= 4 is 27.5 Å². The van der Waals surface area contributed by atoms with Gasteiger partial charge in [0.15, 0.2) is 5.76 Å². The van der Waals surface area contributed by atoms with Gasteiger partial charge in [-0.25, -0.2) is 8.42 Å². The molecule has 186 valence electrons. The number of sulfonamides is 1. The zero-order valence-corrected chi connectivity index (χ0v) is 20.7. The highest BCUT2D eigenvalue weighted by Gasteiger charge is 2.36. The quantitative estimate of drug-likeness (QED) is 0.376. The lowest BCUT2D eigenvalue weighted by Gasteiger charge is -2.29. The summed E-state index contributed by atoms with van der Waals surface area (Å²) in [4.78, 5) is 12.9. The fraction of sp³-hybridized carbons (Fsp3) is 0.240. The zero-order valence-electron chi connectivity index (χ0n) is 19.1. The predicted octanol–water partition coefficient (Wildman–Crippen LogP) is 4.51. The lowest BCUT2D eigenvalue weighted by atomic mass is 10.1. The van der Waals surface area contributed by atoms with Gasteiger partial charge in [0.2, 0.25) is 21.8 Å². The molecule has 1 fully saturated rings. The topological polar surface area (TPSA) is 119 Å². The maximum Gasteiger partial charge on any atom is 0.283 e. The Labute approximate surface area is 213 Å². The lowest BCUT2D eigenvalue weighted by molar-refractivity contribution is -0.124. The van der Waals surface area contributed by atoms with Gasteiger partial charge in [-0.2, -0.15) is 4.31 Å². The van der Waals surface area contributed by atoms with Crippen molar-refractivity contribution < 1.29 is 22.0 Å². The van der Waals surface area contributed by atoms with Crippen molar-refractivity contribution in [2.45, 2.75) is 36.7 Å². The standard InChI is InChI=1S/C25H23ClN4O5S/c26-19-10-12-20(13-11-19)36(32,33)30(21-4-1-2-14-27-23(21)31)16-17-6-8-18(9-7-17)24-28-29-25(35-24)22-5-3-15-34-22/h3,5-13,15,21H,1-2,4,14,16H2,(H,27,31)/t21-/m1/s1. The number of nitrogens with one attached hydrogen (secondary N) is 1. The largest absolute Gasteiger partial charge is 0.459 e. The van der Waals surface area contributed by atoms with Crippen LogP contribution in [0.2, 0.25) is 5.02 Å². The molecule has 1 aliphatic rings. The predicted molar refractivity (Wildman–Crippen MR) is 132 cm³/mol. The highest BCUT2D eigenvalue weighted by atomic mass is 35.5. The summed E-state index contributed by atoms with van der Waals surface area (Å²) in [6.45, 7) is 0.549. The Morgan fingerprint density at radius 1 is 1.00 bits per heavy atom. The van der Waals surface area contributed by atoms with Gasteiger partial charge in [-0.3, -0.25) is 4.79 Å². The van der Waals surface area contributed by atoms with E-state index in [4.69, 9.17) is 20.4 Å². The van der Waals surface area contributed by atoms with Crippen molar-refractivity contribution in [3.8, 4) is 23.1 Å². The normalized spacial score (nSPS) is 16.6. The van der Waals surface area contributed by atoms with E-state index in [-0.39, 0.29) is 23.2 Å². The fourth-order valence-corrected chi connectivity index (χ4v) is 5.81. The first kappa shape index (κ1) is 24.2. The molecular formula is C25H23ClN4O5S. The minimum Gasteiger partial charge on any atom is -0.459 e. The van der Waals surface area contributed by atoms with Gasteiger partial charge in [-0.1, -0.05) is 23.7 Å². The Bertz CT molecular complexity index is 1430. The van der Waals surface area contributed by atoms with E-state index in [0.29, 0.717) is 40.8 Å². The van der Waals surface area contributed by atoms with Crippen LogP contribution < -0.4 is 5.32 Å². The van der Waals surface area contributed by atoms with Crippen LogP contribution in [0.5, 0.6) is 0 Å². The van der Waals surface area contributed by atoms with Crippen molar-refractivity contribution in [1.29, 1.82) is 0 Å². The van der Waals surface area contributed by atoms with Crippen LogP contribution in [0.1, 0.15) is 24.8 Å². The zero-order chi connectivity index (χ0) is 25.1. The molecule has 1 saturated heterocycles. The molecule has 2 aromatic carbocycles. The number of hydrogen-bond donors (Lipinski definition) is 1. The molecule has 1 amide bonds. The number of carbonyl (C=O) groups excluding carboxylic acids is 1. The first-order valence-corrected chi connectivity index (χ1v) is 13.3. The molecule has 9 nitrogen and oxygen atoms in total. The molecular weight excluding hydrogens is 504 g/mol. The summed E-state index contributed by atoms with van der Waals surface area (Å²) in [6.07, 6.45) is 3.50. The van der Waals surface area contributed by atoms with Crippen molar-refractivity contribution in [1.82, 2.24) is 19.8 Å². The third-order valence-electron chi connectivity index (χ3n) is 5.97. The van der Waals surface area contributed by atoms with E-state index in [1.165, 1.54) is 34.8 Å². The molecule has 0 bridgehead atoms. The van der Waals surface area contributed by atoms with Crippen LogP contribution in [0.15, 0.2) is 80.7 Å². The van der Waals surface area contributed by atoms with Gasteiger partial charge in [0, 0.05) is 23.7 Å². The Morgan fingerprint density at radius 2 is 1.75 bits per heavy atom. The van der Waals surface area contributed by atoms with Gasteiger partial charge in [-0.05, 0) is 73.4 Å². The van der Waals surface area contributed by atoms with Crippen LogP contribution in [0.25, 0.3) is 23.1 Å². The molecule has 0 unspecified atom stereocenters. The summed E-state index contributed by atoms with van der Waals surface area (Å²) >= 11 is 5.97. The summed E-state index contributed by atoms with van der Waals surface area (Å²) in [7, 11) is -3.99. The average Bonchev–Trinajstić information content (AvgIpc) is 3.54. The fourth-order valence-electron chi connectivity index (χ4n) is 4.07. The van der Waals surface area contributed by atoms with Gasteiger partial charge >= 0.3 is 0 Å². The average molecular weight is 527 g/mol. The molecule has 11 heteroatoms. The van der Waals surface area contributed by atoms with Crippen molar-refractivity contribution in [3.63, 3.8) is 0 Å². The molecule has 0 saturated carbocycles. The summed E-state index contributed by atoms with van der Waals surface area (Å²) < 4.78 is 39.6. The van der Waals surface area contributed by atoms with Gasteiger partial charge in [0.05, 0.1) is 11.2 Å². The highest BCUT2D eigenvalue weighted by molar-refractivity contribution is 7.89. The monoisotopic (exact) mass is 526 g/mol. The number of amides is 1. The molecule has 3 heterocycles. The van der Waals surface area contributed by atoms with E-state index in [9.17, 15) is 13.2 Å². The van der Waals surface area contributed by atoms with Gasteiger partial charge in [0.25, 0.3) is 5.89 Å². The van der Waals surface area contributed by atoms with Crippen molar-refractivity contribution in [2.75, 3.05) is 6.54 Å². The van der Waals surface area contributed by atoms with E-state index in [2.05, 4.69) is 15.5 Å². The molecule has 1 N–H and O–H groups in total. The molecule has 0 spiro atoms. The Kier molecular flexibility index (Phi) is 6.90. The molecule has 4 aromatic rings. The molecule has 1 aliphatic heterocycles. The van der Waals surface area contributed by atoms with Gasteiger partial charge in [-0.15, -0.1) is 10.2 Å².